The summed E-state index contributed by atoms with van der Waals surface area (Å²) >= 11 is 0. The topological polar surface area (TPSA) is 78.2 Å². The SMILES string of the molecule is C=C(Nc1cccc(CN/C(C)=C/C(=N\C(C)=C(\C=NC)PC)c2ccccc2O)c1)C1CCCO1. The summed E-state index contributed by atoms with van der Waals surface area (Å²) in [6, 6.07) is 15.5. The highest BCUT2D eigenvalue weighted by Crippen LogP contribution is 2.25. The Balaban J connectivity index is 1.78. The molecule has 3 rings (SSSR count). The number of phenols is 1. The van der Waals surface area contributed by atoms with Gasteiger partial charge in [-0.1, -0.05) is 39.4 Å². The maximum absolute atomic E-state index is 10.5. The number of hydrogen-bond donors (Lipinski definition) is 3. The third-order valence-electron chi connectivity index (χ3n) is 5.86. The van der Waals surface area contributed by atoms with Gasteiger partial charge in [0.1, 0.15) is 5.75 Å². The molecule has 7 heteroatoms. The van der Waals surface area contributed by atoms with Crippen molar-refractivity contribution in [3.63, 3.8) is 0 Å². The van der Waals surface area contributed by atoms with Crippen LogP contribution in [0.3, 0.4) is 0 Å². The number of aromatic hydroxyl groups is 1. The zero-order valence-corrected chi connectivity index (χ0v) is 22.6. The van der Waals surface area contributed by atoms with Crippen LogP contribution in [0.4, 0.5) is 5.69 Å². The van der Waals surface area contributed by atoms with Gasteiger partial charge in [-0.25, -0.2) is 0 Å². The number of hydrogen-bond acceptors (Lipinski definition) is 6. The number of phenolic OH excluding ortho intramolecular Hbond substituents is 1. The maximum Gasteiger partial charge on any atom is 0.124 e. The first-order valence-electron chi connectivity index (χ1n) is 12.2. The van der Waals surface area contributed by atoms with E-state index in [0.717, 1.165) is 53.1 Å². The van der Waals surface area contributed by atoms with E-state index in [1.165, 1.54) is 0 Å². The molecule has 0 aliphatic carbocycles. The van der Waals surface area contributed by atoms with Crippen LogP contribution in [0.1, 0.15) is 37.8 Å². The number of ether oxygens (including phenoxy) is 1. The average Bonchev–Trinajstić information content (AvgIpc) is 3.41. The van der Waals surface area contributed by atoms with E-state index in [1.54, 1.807) is 13.1 Å². The van der Waals surface area contributed by atoms with Gasteiger partial charge in [0.05, 0.1) is 11.8 Å². The average molecular weight is 505 g/mol. The minimum atomic E-state index is 0.0823. The summed E-state index contributed by atoms with van der Waals surface area (Å²) in [6.45, 7) is 11.7. The molecule has 2 aromatic rings. The zero-order valence-electron chi connectivity index (χ0n) is 21.6. The van der Waals surface area contributed by atoms with Gasteiger partial charge in [0.25, 0.3) is 0 Å². The minimum Gasteiger partial charge on any atom is -0.507 e. The zero-order chi connectivity index (χ0) is 25.9. The summed E-state index contributed by atoms with van der Waals surface area (Å²) in [4.78, 5) is 9.04. The molecule has 0 saturated carbocycles. The van der Waals surface area contributed by atoms with E-state index in [4.69, 9.17) is 9.73 Å². The predicted molar refractivity (Wildman–Crippen MR) is 155 cm³/mol. The van der Waals surface area contributed by atoms with Crippen LogP contribution in [0.25, 0.3) is 0 Å². The van der Waals surface area contributed by atoms with E-state index in [-0.39, 0.29) is 11.9 Å². The maximum atomic E-state index is 10.5. The van der Waals surface area contributed by atoms with Gasteiger partial charge in [-0.2, -0.15) is 0 Å². The van der Waals surface area contributed by atoms with Crippen molar-refractivity contribution in [1.82, 2.24) is 5.32 Å². The Bertz CT molecular complexity index is 1180. The molecule has 2 atom stereocenters. The molecule has 190 valence electrons. The van der Waals surface area contributed by atoms with Crippen LogP contribution < -0.4 is 10.6 Å². The number of nitrogens with zero attached hydrogens (tertiary/aromatic N) is 2. The highest BCUT2D eigenvalue weighted by molar-refractivity contribution is 7.43. The minimum absolute atomic E-state index is 0.0823. The van der Waals surface area contributed by atoms with Crippen molar-refractivity contribution in [2.45, 2.75) is 39.3 Å². The summed E-state index contributed by atoms with van der Waals surface area (Å²) in [7, 11) is 2.33. The molecule has 0 amide bonds. The van der Waals surface area contributed by atoms with Gasteiger partial charge in [0.15, 0.2) is 0 Å². The van der Waals surface area contributed by atoms with Crippen LogP contribution in [0, 0.1) is 0 Å². The molecule has 1 aliphatic heterocycles. The molecular formula is C29H37N4O2P. The molecule has 1 saturated heterocycles. The number of anilines is 1. The molecule has 0 aromatic heterocycles. The largest absolute Gasteiger partial charge is 0.507 e. The molecule has 3 N–H and O–H groups in total. The summed E-state index contributed by atoms with van der Waals surface area (Å²) in [5.74, 6) is 0.197. The smallest absolute Gasteiger partial charge is 0.124 e. The number of rotatable bonds is 11. The standard InChI is InChI=1S/C29H37N4O2P/c1-20(31-18-23-10-8-11-24(17-23)32-21(2)28-14-9-15-35-28)16-26(25-12-6-7-13-27(25)34)33-22(3)29(36-5)19-30-4/h6-8,10-13,16-17,19,28,31-32,34,36H,2,9,14-15,18H2,1,3-5H3/b20-16+,29-22-,30-19?,33-26+. The van der Waals surface area contributed by atoms with Crippen molar-refractivity contribution < 1.29 is 9.84 Å². The second-order valence-electron chi connectivity index (χ2n) is 8.68. The highest BCUT2D eigenvalue weighted by atomic mass is 31.1. The van der Waals surface area contributed by atoms with Gasteiger partial charge in [-0.3, -0.25) is 9.98 Å². The Hall–Kier alpha value is -3.21. The van der Waals surface area contributed by atoms with Crippen molar-refractivity contribution in [2.75, 3.05) is 25.6 Å². The number of benzene rings is 2. The van der Waals surface area contributed by atoms with Crippen molar-refractivity contribution in [3.8, 4) is 5.75 Å². The van der Waals surface area contributed by atoms with Gasteiger partial charge in [-0.15, -0.1) is 0 Å². The number of nitrogens with one attached hydrogen (secondary N) is 2. The molecule has 1 heterocycles. The van der Waals surface area contributed by atoms with Gasteiger partial charge in [-0.05, 0) is 69.3 Å². The van der Waals surface area contributed by atoms with Gasteiger partial charge in [0, 0.05) is 60.1 Å². The van der Waals surface area contributed by atoms with Crippen LogP contribution in [-0.2, 0) is 11.3 Å². The molecule has 0 radical (unpaired) electrons. The third-order valence-corrected chi connectivity index (χ3v) is 6.89. The van der Waals surface area contributed by atoms with Crippen LogP contribution >= 0.6 is 8.58 Å². The Labute approximate surface area is 216 Å². The molecular weight excluding hydrogens is 467 g/mol. The lowest BCUT2D eigenvalue weighted by Gasteiger charge is -2.16. The predicted octanol–water partition coefficient (Wildman–Crippen LogP) is 6.22. The Morgan fingerprint density at radius 1 is 1.22 bits per heavy atom. The molecule has 1 aliphatic rings. The monoisotopic (exact) mass is 504 g/mol. The van der Waals surface area contributed by atoms with Crippen LogP contribution in [-0.4, -0.2) is 43.5 Å². The molecule has 0 bridgehead atoms. The molecule has 2 aromatic carbocycles. The highest BCUT2D eigenvalue weighted by Gasteiger charge is 2.18. The van der Waals surface area contributed by atoms with Crippen molar-refractivity contribution in [2.24, 2.45) is 9.98 Å². The second kappa shape index (κ2) is 13.8. The lowest BCUT2D eigenvalue weighted by atomic mass is 10.1. The first-order chi connectivity index (χ1) is 17.4. The van der Waals surface area contributed by atoms with Crippen LogP contribution in [0.5, 0.6) is 5.75 Å². The summed E-state index contributed by atoms with van der Waals surface area (Å²) < 4.78 is 5.72. The lowest BCUT2D eigenvalue weighted by molar-refractivity contribution is 0.138. The van der Waals surface area contributed by atoms with Crippen molar-refractivity contribution in [3.05, 3.63) is 94.7 Å². The first kappa shape index (κ1) is 27.4. The van der Waals surface area contributed by atoms with Crippen LogP contribution in [0.2, 0.25) is 0 Å². The fourth-order valence-corrected chi connectivity index (χ4v) is 4.62. The van der Waals surface area contributed by atoms with Gasteiger partial charge >= 0.3 is 0 Å². The second-order valence-corrected chi connectivity index (χ2v) is 9.72. The Morgan fingerprint density at radius 2 is 2.03 bits per heavy atom. The summed E-state index contributed by atoms with van der Waals surface area (Å²) in [5.41, 5.74) is 6.24. The normalized spacial score (nSPS) is 17.6. The Kier molecular flexibility index (Phi) is 10.5. The fourth-order valence-electron chi connectivity index (χ4n) is 3.94. The number of aliphatic imine (C=N–C) groups is 2. The summed E-state index contributed by atoms with van der Waals surface area (Å²) in [5, 5.41) is 18.5. The molecule has 2 unspecified atom stereocenters. The Morgan fingerprint density at radius 3 is 2.72 bits per heavy atom. The van der Waals surface area contributed by atoms with Crippen LogP contribution in [0.15, 0.2) is 93.6 Å². The molecule has 36 heavy (non-hydrogen) atoms. The van der Waals surface area contributed by atoms with E-state index in [9.17, 15) is 5.11 Å². The van der Waals surface area contributed by atoms with E-state index in [1.807, 2.05) is 56.5 Å². The number of para-hydroxylation sites is 1. The lowest BCUT2D eigenvalue weighted by Crippen LogP contribution is -2.15. The number of allylic oxidation sites excluding steroid dienone is 4. The first-order valence-corrected chi connectivity index (χ1v) is 13.7. The van der Waals surface area contributed by atoms with Gasteiger partial charge < -0.3 is 20.5 Å². The van der Waals surface area contributed by atoms with E-state index < -0.39 is 0 Å². The summed E-state index contributed by atoms with van der Waals surface area (Å²) in [6.07, 6.45) is 5.99. The fraction of sp³-hybridized carbons (Fsp3) is 0.310. The van der Waals surface area contributed by atoms with E-state index >= 15 is 0 Å². The van der Waals surface area contributed by atoms with E-state index in [2.05, 4.69) is 41.0 Å². The molecule has 1 fully saturated rings. The van der Waals surface area contributed by atoms with Gasteiger partial charge in [0.2, 0.25) is 0 Å². The third kappa shape index (κ3) is 7.91. The van der Waals surface area contributed by atoms with Crippen molar-refractivity contribution in [1.29, 1.82) is 0 Å². The molecule has 0 spiro atoms. The van der Waals surface area contributed by atoms with E-state index in [0.29, 0.717) is 26.4 Å². The quantitative estimate of drug-likeness (QED) is 0.251. The molecule has 6 nitrogen and oxygen atoms in total. The van der Waals surface area contributed by atoms with Crippen molar-refractivity contribution >= 4 is 26.2 Å².